The molecule has 0 unspecified atom stereocenters. The van der Waals surface area contributed by atoms with Crippen molar-refractivity contribution in [3.05, 3.63) is 46.9 Å². The smallest absolute Gasteiger partial charge is 0.1000 e. The van der Waals surface area contributed by atoms with E-state index in [1.54, 1.807) is 0 Å². The molecule has 0 atom stereocenters. The number of halogens is 1. The Morgan fingerprint density at radius 2 is 2.06 bits per heavy atom. The predicted molar refractivity (Wildman–Crippen MR) is 79.3 cm³/mol. The maximum absolute atomic E-state index is 5.59. The van der Waals surface area contributed by atoms with Crippen LogP contribution in [-0.4, -0.2) is 10.2 Å². The number of hydrogen-bond acceptors (Lipinski definition) is 3. The molecule has 0 spiro atoms. The molecule has 1 aromatic heterocycles. The summed E-state index contributed by atoms with van der Waals surface area (Å²) >= 11 is 4.73. The summed E-state index contributed by atoms with van der Waals surface area (Å²) in [6.45, 7) is 0. The highest BCUT2D eigenvalue weighted by atomic mass is 79.9. The molecule has 3 aromatic rings. The van der Waals surface area contributed by atoms with Crippen LogP contribution in [0.2, 0.25) is 0 Å². The van der Waals surface area contributed by atoms with Crippen LogP contribution >= 0.6 is 27.9 Å². The number of nitrogens with zero attached hydrogens (tertiary/aromatic N) is 1. The van der Waals surface area contributed by atoms with E-state index in [2.05, 4.69) is 32.2 Å². The van der Waals surface area contributed by atoms with Crippen LogP contribution in [0.3, 0.4) is 0 Å². The van der Waals surface area contributed by atoms with Crippen molar-refractivity contribution in [2.45, 2.75) is 4.90 Å². The zero-order valence-electron chi connectivity index (χ0n) is 9.35. The van der Waals surface area contributed by atoms with Crippen molar-refractivity contribution in [2.75, 3.05) is 0 Å². The van der Waals surface area contributed by atoms with Gasteiger partial charge < -0.3 is 0 Å². The Balaban J connectivity index is 2.21. The lowest BCUT2D eigenvalue weighted by Crippen LogP contribution is -1.83. The molecule has 0 radical (unpaired) electrons. The Morgan fingerprint density at radius 3 is 2.89 bits per heavy atom. The van der Waals surface area contributed by atoms with E-state index in [9.17, 15) is 0 Å². The lowest BCUT2D eigenvalue weighted by atomic mass is 10.1. The highest BCUT2D eigenvalue weighted by molar-refractivity contribution is 9.10. The van der Waals surface area contributed by atoms with Gasteiger partial charge in [-0.2, -0.15) is 5.10 Å². The minimum absolute atomic E-state index is 0.946. The van der Waals surface area contributed by atoms with Crippen LogP contribution < -0.4 is 5.14 Å². The second-order valence-electron chi connectivity index (χ2n) is 3.91. The molecular formula is C13H10BrN3S. The van der Waals surface area contributed by atoms with Crippen molar-refractivity contribution >= 4 is 38.8 Å². The molecule has 3 rings (SSSR count). The normalized spacial score (nSPS) is 11.0. The zero-order valence-corrected chi connectivity index (χ0v) is 11.8. The van der Waals surface area contributed by atoms with Gasteiger partial charge in [0.05, 0.1) is 11.2 Å². The second-order valence-corrected chi connectivity index (χ2v) is 5.53. The van der Waals surface area contributed by atoms with Gasteiger partial charge in [-0.1, -0.05) is 28.1 Å². The summed E-state index contributed by atoms with van der Waals surface area (Å²) in [5, 5.41) is 14.1. The molecule has 2 aromatic carbocycles. The molecule has 1 heterocycles. The van der Waals surface area contributed by atoms with E-state index in [4.69, 9.17) is 5.14 Å². The van der Waals surface area contributed by atoms with E-state index in [1.165, 1.54) is 11.9 Å². The zero-order chi connectivity index (χ0) is 12.5. The SMILES string of the molecule is NSc1cccc(-c2n[nH]c3ccc(Br)cc23)c1. The van der Waals surface area contributed by atoms with Crippen LogP contribution in [0.15, 0.2) is 51.8 Å². The summed E-state index contributed by atoms with van der Waals surface area (Å²) in [6, 6.07) is 14.1. The lowest BCUT2D eigenvalue weighted by Gasteiger charge is -2.01. The number of H-pyrrole nitrogens is 1. The van der Waals surface area contributed by atoms with Gasteiger partial charge in [0.2, 0.25) is 0 Å². The largest absolute Gasteiger partial charge is 0.277 e. The molecule has 90 valence electrons. The topological polar surface area (TPSA) is 54.7 Å². The Bertz CT molecular complexity index is 708. The molecule has 0 bridgehead atoms. The third-order valence-corrected chi connectivity index (χ3v) is 3.79. The first kappa shape index (κ1) is 11.8. The van der Waals surface area contributed by atoms with Gasteiger partial charge in [-0.25, -0.2) is 0 Å². The van der Waals surface area contributed by atoms with Gasteiger partial charge in [0.25, 0.3) is 0 Å². The minimum atomic E-state index is 0.946. The Morgan fingerprint density at radius 1 is 1.17 bits per heavy atom. The first-order valence-corrected chi connectivity index (χ1v) is 7.06. The van der Waals surface area contributed by atoms with Crippen LogP contribution in [0, 0.1) is 0 Å². The number of rotatable bonds is 2. The van der Waals surface area contributed by atoms with Gasteiger partial charge in [-0.15, -0.1) is 0 Å². The molecular weight excluding hydrogens is 310 g/mol. The summed E-state index contributed by atoms with van der Waals surface area (Å²) in [6.07, 6.45) is 0. The van der Waals surface area contributed by atoms with E-state index in [1.807, 2.05) is 36.4 Å². The van der Waals surface area contributed by atoms with Crippen LogP contribution in [0.5, 0.6) is 0 Å². The van der Waals surface area contributed by atoms with Gasteiger partial charge in [0, 0.05) is 20.3 Å². The molecule has 5 heteroatoms. The number of aromatic amines is 1. The molecule has 0 saturated heterocycles. The number of benzene rings is 2. The van der Waals surface area contributed by atoms with Crippen molar-refractivity contribution in [3.8, 4) is 11.3 Å². The van der Waals surface area contributed by atoms with E-state index in [-0.39, 0.29) is 0 Å². The van der Waals surface area contributed by atoms with Crippen LogP contribution in [0.25, 0.3) is 22.2 Å². The molecule has 0 aliphatic rings. The van der Waals surface area contributed by atoms with Gasteiger partial charge in [-0.3, -0.25) is 10.2 Å². The van der Waals surface area contributed by atoms with Crippen molar-refractivity contribution in [1.29, 1.82) is 0 Å². The number of fused-ring (bicyclic) bond motifs is 1. The molecule has 0 aliphatic carbocycles. The van der Waals surface area contributed by atoms with Crippen molar-refractivity contribution < 1.29 is 0 Å². The molecule has 0 amide bonds. The fourth-order valence-electron chi connectivity index (χ4n) is 1.92. The van der Waals surface area contributed by atoms with Gasteiger partial charge >= 0.3 is 0 Å². The summed E-state index contributed by atoms with van der Waals surface area (Å²) in [5.74, 6) is 0. The number of aromatic nitrogens is 2. The summed E-state index contributed by atoms with van der Waals surface area (Å²) < 4.78 is 1.04. The molecule has 0 fully saturated rings. The highest BCUT2D eigenvalue weighted by Crippen LogP contribution is 2.30. The molecule has 0 saturated carbocycles. The van der Waals surface area contributed by atoms with Crippen LogP contribution in [-0.2, 0) is 0 Å². The average molecular weight is 320 g/mol. The van der Waals surface area contributed by atoms with Crippen molar-refractivity contribution in [2.24, 2.45) is 5.14 Å². The number of nitrogens with one attached hydrogen (secondary N) is 1. The number of hydrogen-bond donors (Lipinski definition) is 2. The molecule has 18 heavy (non-hydrogen) atoms. The average Bonchev–Trinajstić information content (AvgIpc) is 2.81. The van der Waals surface area contributed by atoms with Crippen molar-refractivity contribution in [1.82, 2.24) is 10.2 Å². The van der Waals surface area contributed by atoms with E-state index < -0.39 is 0 Å². The van der Waals surface area contributed by atoms with Gasteiger partial charge in [0.1, 0.15) is 0 Å². The number of nitrogens with two attached hydrogens (primary N) is 1. The molecule has 3 N–H and O–H groups in total. The first-order valence-electron chi connectivity index (χ1n) is 5.39. The van der Waals surface area contributed by atoms with E-state index in [0.717, 1.165) is 31.5 Å². The Labute approximate surface area is 117 Å². The third-order valence-electron chi connectivity index (χ3n) is 2.77. The Kier molecular flexibility index (Phi) is 3.11. The summed E-state index contributed by atoms with van der Waals surface area (Å²) in [4.78, 5) is 1.03. The van der Waals surface area contributed by atoms with Crippen molar-refractivity contribution in [3.63, 3.8) is 0 Å². The summed E-state index contributed by atoms with van der Waals surface area (Å²) in [5.41, 5.74) is 3.04. The minimum Gasteiger partial charge on any atom is -0.277 e. The maximum atomic E-state index is 5.59. The molecule has 0 aliphatic heterocycles. The lowest BCUT2D eigenvalue weighted by molar-refractivity contribution is 1.12. The van der Waals surface area contributed by atoms with Gasteiger partial charge in [0.15, 0.2) is 0 Å². The maximum Gasteiger partial charge on any atom is 0.1000 e. The fraction of sp³-hybridized carbons (Fsp3) is 0. The predicted octanol–water partition coefficient (Wildman–Crippen LogP) is 3.96. The molecule has 3 nitrogen and oxygen atoms in total. The van der Waals surface area contributed by atoms with E-state index >= 15 is 0 Å². The third kappa shape index (κ3) is 2.05. The second kappa shape index (κ2) is 4.76. The Hall–Kier alpha value is -1.30. The van der Waals surface area contributed by atoms with Crippen LogP contribution in [0.1, 0.15) is 0 Å². The summed E-state index contributed by atoms with van der Waals surface area (Å²) in [7, 11) is 0. The monoisotopic (exact) mass is 319 g/mol. The fourth-order valence-corrected chi connectivity index (χ4v) is 2.64. The van der Waals surface area contributed by atoms with E-state index in [0.29, 0.717) is 0 Å². The highest BCUT2D eigenvalue weighted by Gasteiger charge is 2.08. The first-order chi connectivity index (χ1) is 8.78. The standard InChI is InChI=1S/C13H10BrN3S/c14-9-4-5-12-11(7-9)13(17-16-12)8-2-1-3-10(6-8)18-15/h1-7H,15H2,(H,16,17). The quantitative estimate of drug-likeness (QED) is 0.703. The van der Waals surface area contributed by atoms with Crippen LogP contribution in [0.4, 0.5) is 0 Å². The van der Waals surface area contributed by atoms with Gasteiger partial charge in [-0.05, 0) is 42.3 Å².